The van der Waals surface area contributed by atoms with Gasteiger partial charge in [-0.05, 0) is 64.2 Å². The number of nitrogens with zero attached hydrogens (tertiary/aromatic N) is 4. The maximum absolute atomic E-state index is 13.3. The molecule has 0 spiro atoms. The number of hydrogen-bond acceptors (Lipinski definition) is 6. The molecule has 30 heavy (non-hydrogen) atoms. The number of carbonyl (C=O) groups is 1. The predicted octanol–water partition coefficient (Wildman–Crippen LogP) is 4.84. The number of non-ortho nitro benzene ring substituents is 1. The number of benzene rings is 2. The van der Waals surface area contributed by atoms with Gasteiger partial charge in [0.15, 0.2) is 5.13 Å². The average Bonchev–Trinajstić information content (AvgIpc) is 3.08. The van der Waals surface area contributed by atoms with Gasteiger partial charge in [0.1, 0.15) is 0 Å². The van der Waals surface area contributed by atoms with Crippen LogP contribution < -0.4 is 4.90 Å². The lowest BCUT2D eigenvalue weighted by molar-refractivity contribution is -0.384. The Labute approximate surface area is 185 Å². The van der Waals surface area contributed by atoms with E-state index in [9.17, 15) is 14.9 Å². The molecule has 0 aliphatic heterocycles. The van der Waals surface area contributed by atoms with Gasteiger partial charge in [0.25, 0.3) is 11.6 Å². The van der Waals surface area contributed by atoms with Crippen molar-refractivity contribution in [1.82, 2.24) is 9.88 Å². The molecule has 0 saturated carbocycles. The van der Waals surface area contributed by atoms with Crippen LogP contribution in [0.1, 0.15) is 27.9 Å². The maximum Gasteiger partial charge on any atom is 0.270 e. The first-order valence-corrected chi connectivity index (χ1v) is 10.2. The van der Waals surface area contributed by atoms with Crippen molar-refractivity contribution in [2.45, 2.75) is 20.3 Å². The number of thiazole rings is 1. The minimum atomic E-state index is -0.489. The Balaban J connectivity index is 0.00000320. The summed E-state index contributed by atoms with van der Waals surface area (Å²) in [5.74, 6) is -0.277. The number of rotatable bonds is 7. The summed E-state index contributed by atoms with van der Waals surface area (Å²) < 4.78 is 1.05. The fraction of sp³-hybridized carbons (Fsp3) is 0.333. The molecule has 0 unspecified atom stereocenters. The van der Waals surface area contributed by atoms with E-state index in [2.05, 4.69) is 11.0 Å². The summed E-state index contributed by atoms with van der Waals surface area (Å²) in [7, 11) is 3.97. The zero-order valence-electron chi connectivity index (χ0n) is 17.4. The van der Waals surface area contributed by atoms with Crippen LogP contribution in [0.15, 0.2) is 36.4 Å². The highest BCUT2D eigenvalue weighted by molar-refractivity contribution is 7.22. The van der Waals surface area contributed by atoms with Gasteiger partial charge in [-0.3, -0.25) is 19.8 Å². The molecule has 160 valence electrons. The topological polar surface area (TPSA) is 79.6 Å². The first-order chi connectivity index (χ1) is 13.8. The monoisotopic (exact) mass is 448 g/mol. The van der Waals surface area contributed by atoms with Crippen molar-refractivity contribution in [3.63, 3.8) is 0 Å². The third-order valence-electron chi connectivity index (χ3n) is 4.58. The highest BCUT2D eigenvalue weighted by atomic mass is 35.5. The smallest absolute Gasteiger partial charge is 0.270 e. The van der Waals surface area contributed by atoms with Gasteiger partial charge < -0.3 is 4.90 Å². The second kappa shape index (κ2) is 9.97. The Hall–Kier alpha value is -2.55. The Morgan fingerprint density at radius 3 is 2.57 bits per heavy atom. The molecule has 0 bridgehead atoms. The molecule has 0 aliphatic rings. The van der Waals surface area contributed by atoms with E-state index in [1.165, 1.54) is 29.5 Å². The van der Waals surface area contributed by atoms with Gasteiger partial charge in [-0.1, -0.05) is 23.5 Å². The minimum absolute atomic E-state index is 0. The molecule has 2 aromatic carbocycles. The summed E-state index contributed by atoms with van der Waals surface area (Å²) in [6.07, 6.45) is 0.765. The van der Waals surface area contributed by atoms with Crippen molar-refractivity contribution in [3.8, 4) is 0 Å². The molecule has 0 N–H and O–H groups in total. The summed E-state index contributed by atoms with van der Waals surface area (Å²) in [5.41, 5.74) is 3.30. The molecular formula is C21H25ClN4O3S. The zero-order valence-corrected chi connectivity index (χ0v) is 19.0. The largest absolute Gasteiger partial charge is 0.309 e. The van der Waals surface area contributed by atoms with Crippen LogP contribution in [0.3, 0.4) is 0 Å². The van der Waals surface area contributed by atoms with E-state index in [-0.39, 0.29) is 29.6 Å². The van der Waals surface area contributed by atoms with Crippen LogP contribution in [0.25, 0.3) is 10.2 Å². The summed E-state index contributed by atoms with van der Waals surface area (Å²) in [6, 6.07) is 9.97. The van der Waals surface area contributed by atoms with E-state index in [1.54, 1.807) is 11.0 Å². The molecule has 7 nitrogen and oxygen atoms in total. The standard InChI is InChI=1S/C21H24N4O3S.ClH/c1-14-11-15(2)19-18(12-14)22-21(29-19)24(10-6-9-23(3)4)20(26)16-7-5-8-17(13-16)25(27)28;/h5,7-8,11-13H,6,9-10H2,1-4H3;1H. The maximum atomic E-state index is 13.3. The fourth-order valence-corrected chi connectivity index (χ4v) is 4.26. The molecule has 9 heteroatoms. The molecule has 0 aliphatic carbocycles. The van der Waals surface area contributed by atoms with Crippen LogP contribution in [-0.4, -0.2) is 47.9 Å². The average molecular weight is 449 g/mol. The predicted molar refractivity (Wildman–Crippen MR) is 124 cm³/mol. The third kappa shape index (κ3) is 5.33. The van der Waals surface area contributed by atoms with Crippen molar-refractivity contribution in [2.24, 2.45) is 0 Å². The van der Waals surface area contributed by atoms with E-state index in [0.717, 1.165) is 34.3 Å². The molecule has 1 heterocycles. The number of hydrogen-bond donors (Lipinski definition) is 0. The van der Waals surface area contributed by atoms with Crippen LogP contribution in [-0.2, 0) is 0 Å². The van der Waals surface area contributed by atoms with Crippen LogP contribution in [0.5, 0.6) is 0 Å². The second-order valence-electron chi connectivity index (χ2n) is 7.35. The van der Waals surface area contributed by atoms with Crippen molar-refractivity contribution in [3.05, 3.63) is 63.2 Å². The lowest BCUT2D eigenvalue weighted by Crippen LogP contribution is -2.33. The molecular weight excluding hydrogens is 424 g/mol. The van der Waals surface area contributed by atoms with Crippen molar-refractivity contribution in [2.75, 3.05) is 32.1 Å². The molecule has 0 saturated heterocycles. The van der Waals surface area contributed by atoms with Crippen LogP contribution in [0.2, 0.25) is 0 Å². The Morgan fingerprint density at radius 1 is 1.17 bits per heavy atom. The SMILES string of the molecule is Cc1cc(C)c2sc(N(CCCN(C)C)C(=O)c3cccc([N+](=O)[O-])c3)nc2c1.Cl. The number of carbonyl (C=O) groups excluding carboxylic acids is 1. The summed E-state index contributed by atoms with van der Waals surface area (Å²) in [4.78, 5) is 32.3. The summed E-state index contributed by atoms with van der Waals surface area (Å²) in [5, 5.41) is 11.7. The van der Waals surface area contributed by atoms with Crippen molar-refractivity contribution in [1.29, 1.82) is 0 Å². The Kier molecular flexibility index (Phi) is 7.89. The zero-order chi connectivity index (χ0) is 21.1. The molecule has 3 aromatic rings. The Bertz CT molecular complexity index is 1070. The number of anilines is 1. The summed E-state index contributed by atoms with van der Waals surface area (Å²) in [6.45, 7) is 5.37. The van der Waals surface area contributed by atoms with Gasteiger partial charge in [-0.15, -0.1) is 12.4 Å². The first-order valence-electron chi connectivity index (χ1n) is 9.35. The van der Waals surface area contributed by atoms with Crippen LogP contribution in [0.4, 0.5) is 10.8 Å². The second-order valence-corrected chi connectivity index (χ2v) is 8.33. The van der Waals surface area contributed by atoms with E-state index in [0.29, 0.717) is 11.7 Å². The quantitative estimate of drug-likeness (QED) is 0.381. The molecule has 0 fully saturated rings. The van der Waals surface area contributed by atoms with Crippen LogP contribution in [0, 0.1) is 24.0 Å². The van der Waals surface area contributed by atoms with E-state index in [1.807, 2.05) is 34.0 Å². The third-order valence-corrected chi connectivity index (χ3v) is 5.81. The van der Waals surface area contributed by atoms with Gasteiger partial charge in [-0.25, -0.2) is 4.98 Å². The van der Waals surface area contributed by atoms with Crippen LogP contribution >= 0.6 is 23.7 Å². The van der Waals surface area contributed by atoms with Gasteiger partial charge in [0.2, 0.25) is 0 Å². The van der Waals surface area contributed by atoms with E-state index in [4.69, 9.17) is 4.98 Å². The van der Waals surface area contributed by atoms with Gasteiger partial charge >= 0.3 is 0 Å². The first kappa shape index (κ1) is 23.7. The number of halogens is 1. The van der Waals surface area contributed by atoms with Gasteiger partial charge in [0, 0.05) is 24.2 Å². The van der Waals surface area contributed by atoms with Gasteiger partial charge in [0.05, 0.1) is 15.1 Å². The van der Waals surface area contributed by atoms with E-state index >= 15 is 0 Å². The number of nitro benzene ring substituents is 1. The normalized spacial score (nSPS) is 10.8. The highest BCUT2D eigenvalue weighted by Crippen LogP contribution is 2.33. The lowest BCUT2D eigenvalue weighted by atomic mass is 10.1. The number of aryl methyl sites for hydroxylation is 2. The molecule has 1 amide bonds. The lowest BCUT2D eigenvalue weighted by Gasteiger charge is -2.21. The number of nitro groups is 1. The van der Waals surface area contributed by atoms with Crippen molar-refractivity contribution < 1.29 is 9.72 Å². The van der Waals surface area contributed by atoms with Crippen molar-refractivity contribution >= 4 is 50.7 Å². The van der Waals surface area contributed by atoms with Gasteiger partial charge in [-0.2, -0.15) is 0 Å². The fourth-order valence-electron chi connectivity index (χ4n) is 3.22. The minimum Gasteiger partial charge on any atom is -0.309 e. The molecule has 3 rings (SSSR count). The van der Waals surface area contributed by atoms with E-state index < -0.39 is 4.92 Å². The number of fused-ring (bicyclic) bond motifs is 1. The Morgan fingerprint density at radius 2 is 1.90 bits per heavy atom. The summed E-state index contributed by atoms with van der Waals surface area (Å²) >= 11 is 1.48. The number of amides is 1. The molecule has 0 radical (unpaired) electrons. The highest BCUT2D eigenvalue weighted by Gasteiger charge is 2.23. The molecule has 0 atom stereocenters. The number of aromatic nitrogens is 1. The molecule has 1 aromatic heterocycles.